The molecule has 112 heavy (non-hydrogen) atoms. The number of hydrogen-bond acceptors (Lipinski definition) is 20. The quantitative estimate of drug-likeness (QED) is 0.0165. The van der Waals surface area contributed by atoms with Crippen molar-refractivity contribution < 1.29 is 67.1 Å². The minimum atomic E-state index is -0.567. The molecular formula is C87H90N10O15. The first kappa shape index (κ1) is 81.3. The second-order valence-corrected chi connectivity index (χ2v) is 25.4. The van der Waals surface area contributed by atoms with Crippen LogP contribution >= 0.6 is 0 Å². The van der Waals surface area contributed by atoms with Gasteiger partial charge in [0, 0.05) is 87.0 Å². The molecular weight excluding hydrogens is 1430 g/mol. The summed E-state index contributed by atoms with van der Waals surface area (Å²) in [6, 6.07) is 63.5. The van der Waals surface area contributed by atoms with Gasteiger partial charge in [0.1, 0.15) is 70.0 Å². The molecule has 16 rings (SSSR count). The summed E-state index contributed by atoms with van der Waals surface area (Å²) >= 11 is 0. The van der Waals surface area contributed by atoms with Gasteiger partial charge in [-0.15, -0.1) is 0 Å². The number of hydrogen-bond donors (Lipinski definition) is 5. The predicted octanol–water partition coefficient (Wildman–Crippen LogP) is 18.4. The van der Waals surface area contributed by atoms with Gasteiger partial charge in [0.25, 0.3) is 41.3 Å². The van der Waals surface area contributed by atoms with Crippen molar-refractivity contribution in [2.75, 3.05) is 45.4 Å². The lowest BCUT2D eigenvalue weighted by molar-refractivity contribution is -0.383. The van der Waals surface area contributed by atoms with Crippen molar-refractivity contribution in [3.05, 3.63) is 244 Å². The molecule has 0 radical (unpaired) electrons. The molecule has 578 valence electrons. The van der Waals surface area contributed by atoms with Crippen LogP contribution in [-0.2, 0) is 29.7 Å². The van der Waals surface area contributed by atoms with E-state index in [2.05, 4.69) is 73.0 Å². The number of carbonyl (C=O) groups excluding carboxylic acids is 4. The predicted molar refractivity (Wildman–Crippen MR) is 433 cm³/mol. The molecule has 0 aliphatic heterocycles. The van der Waals surface area contributed by atoms with Crippen LogP contribution in [0.3, 0.4) is 0 Å². The fourth-order valence-corrected chi connectivity index (χ4v) is 12.3. The Morgan fingerprint density at radius 1 is 0.446 bits per heavy atom. The number of ketones is 4. The first-order valence-corrected chi connectivity index (χ1v) is 36.8. The van der Waals surface area contributed by atoms with Gasteiger partial charge in [-0.25, -0.2) is 0 Å². The number of nitrogens with one attached hydrogen (secondary N) is 3. The highest BCUT2D eigenvalue weighted by molar-refractivity contribution is 6.53. The minimum absolute atomic E-state index is 0.137. The van der Waals surface area contributed by atoms with Gasteiger partial charge < -0.3 is 63.7 Å². The third kappa shape index (κ3) is 19.1. The Morgan fingerprint density at radius 3 is 1.34 bits per heavy atom. The Hall–Kier alpha value is -13.3. The molecule has 10 aromatic carbocycles. The zero-order valence-corrected chi connectivity index (χ0v) is 64.3. The molecule has 14 aromatic rings. The number of nitro benzene ring substituents is 1. The smallest absolute Gasteiger partial charge is 0.297 e. The summed E-state index contributed by atoms with van der Waals surface area (Å²) in [4.78, 5) is 85.2. The third-order valence-electron chi connectivity index (χ3n) is 17.1. The molecule has 25 nitrogen and oxygen atoms in total. The number of nitrogens with zero attached hydrogens (tertiary/aromatic N) is 6. The molecule has 0 unspecified atom stereocenters. The fraction of sp³-hybridized carbons (Fsp3) is 0.241. The van der Waals surface area contributed by atoms with Crippen molar-refractivity contribution in [1.29, 1.82) is 0 Å². The van der Waals surface area contributed by atoms with Crippen LogP contribution in [0.4, 0.5) is 11.4 Å². The number of rotatable bonds is 19. The van der Waals surface area contributed by atoms with Gasteiger partial charge in [0.05, 0.1) is 48.5 Å². The van der Waals surface area contributed by atoms with Crippen molar-refractivity contribution >= 4 is 88.9 Å². The number of phenolic OH excluding ortho intramolecular Hbond substituents is 1. The van der Waals surface area contributed by atoms with Gasteiger partial charge in [0.15, 0.2) is 5.79 Å². The molecule has 4 heterocycles. The summed E-state index contributed by atoms with van der Waals surface area (Å²) in [7, 11) is 1.68. The van der Waals surface area contributed by atoms with E-state index in [1.54, 1.807) is 67.7 Å². The first-order valence-electron chi connectivity index (χ1n) is 36.8. The second kappa shape index (κ2) is 38.2. The van der Waals surface area contributed by atoms with Crippen LogP contribution in [0.5, 0.6) is 41.3 Å². The number of nitrogen functional groups attached to an aromatic ring is 1. The van der Waals surface area contributed by atoms with Crippen molar-refractivity contribution in [2.45, 2.75) is 94.7 Å². The number of carbonyl (C=O) groups is 4. The summed E-state index contributed by atoms with van der Waals surface area (Å²) < 4.78 is 45.4. The Bertz CT molecular complexity index is 5610. The highest BCUT2D eigenvalue weighted by Crippen LogP contribution is 2.40. The highest BCUT2D eigenvalue weighted by Gasteiger charge is 2.36. The van der Waals surface area contributed by atoms with Crippen LogP contribution < -0.4 is 34.2 Å². The number of aromatic amines is 3. The molecule has 4 aromatic heterocycles. The normalized spacial score (nSPS) is 11.6. The van der Waals surface area contributed by atoms with E-state index < -0.39 is 33.8 Å². The molecule has 2 aliphatic rings. The molecule has 0 saturated heterocycles. The number of nitro groups is 1. The standard InChI is InChI=1S/C20H18N2O2.C17H14N2O3.C14H12N2O3.C13H10N2O3.C13H12N2O2.C7H16O2.C3H8/c1-2-23-20-21-17-12-18(24-13-14-8-4-3-5-9-14)15-10-6-7-11-16(15)19(17)22-20;18-17-14-9-5-4-8-13(14)16(10-15(17)19(20)21)22-11-12-6-2-1-3-7-12;1-3-19-14-15-10-8-6-4-5-7-9(8)12(17)13(18)11(10)16(14)2;1-2-18-13-14-9-7-5-3-4-6-8(7)11(16)12(17)10(9)15-13;1-2-17-13-14-10-7-11(16)8-5-3-4-6-9(8)12(10)15-13;1-5-8-7(3,4)9-6-2;1-3-2/h3-12H,2,13H2,1H3,(H,21,22);1-10H,11,18H2;4-7H,3H2,1-2H3;3-6H,2H2,1H3,(H,14,15);3-7,16H,2H2,1H3,(H,14,15);5-6H2,1-4H3;3H2,1-2H3. The van der Waals surface area contributed by atoms with E-state index in [0.717, 1.165) is 65.9 Å². The number of ether oxygens (including phenoxy) is 8. The SMILES string of the molecule is CCC.CCOC(C)(C)OCC.CCOc1nc2c([nH]1)C(=O)C(=O)c1ccccc1-2.CCOc1nc2c(cc(O)c3ccccc32)[nH]1.CCOc1nc2c(cc(OCc3ccccc3)c3ccccc32)[nH]1.CCOc1nc2c(n1C)C(=O)C(=O)c1ccccc1-2.Nc1c([N+](=O)[O-])cc(OCc2ccccc2)c2ccccc12. The number of Topliss-reactive ketones (excluding diaryl/α,β-unsaturated/α-hetero) is 4. The van der Waals surface area contributed by atoms with Crippen LogP contribution in [-0.4, -0.2) is 118 Å². The van der Waals surface area contributed by atoms with Gasteiger partial charge in [-0.2, -0.15) is 19.9 Å². The summed E-state index contributed by atoms with van der Waals surface area (Å²) in [5, 5.41) is 26.3. The molecule has 0 bridgehead atoms. The monoisotopic (exact) mass is 1510 g/mol. The van der Waals surface area contributed by atoms with E-state index in [4.69, 9.17) is 43.6 Å². The topological polar surface area (TPSA) is 335 Å². The summed E-state index contributed by atoms with van der Waals surface area (Å²) in [6.07, 6.45) is 1.25. The van der Waals surface area contributed by atoms with Crippen LogP contribution in [0.1, 0.15) is 128 Å². The van der Waals surface area contributed by atoms with Crippen LogP contribution in [0.2, 0.25) is 0 Å². The number of aromatic hydroxyl groups is 1. The zero-order valence-electron chi connectivity index (χ0n) is 64.3. The lowest BCUT2D eigenvalue weighted by Gasteiger charge is -2.23. The first-order chi connectivity index (χ1) is 54.2. The number of fused-ring (bicyclic) bond motifs is 13. The number of aromatic nitrogens is 8. The number of nitrogens with two attached hydrogens (primary N) is 1. The van der Waals surface area contributed by atoms with Crippen LogP contribution in [0.25, 0.3) is 76.9 Å². The zero-order chi connectivity index (χ0) is 80.0. The molecule has 0 amide bonds. The number of benzene rings is 10. The average molecular weight is 1520 g/mol. The van der Waals surface area contributed by atoms with E-state index in [1.807, 2.05) is 165 Å². The second-order valence-electron chi connectivity index (χ2n) is 25.4. The Morgan fingerprint density at radius 2 is 0.848 bits per heavy atom. The van der Waals surface area contributed by atoms with E-state index in [0.29, 0.717) is 121 Å². The highest BCUT2D eigenvalue weighted by atomic mass is 16.7. The summed E-state index contributed by atoms with van der Waals surface area (Å²) in [5.41, 5.74) is 15.1. The number of phenols is 1. The van der Waals surface area contributed by atoms with Gasteiger partial charge in [0.2, 0.25) is 11.6 Å². The Balaban J connectivity index is 0.000000144. The van der Waals surface area contributed by atoms with Crippen molar-refractivity contribution in [1.82, 2.24) is 39.5 Å². The number of H-pyrrole nitrogens is 3. The molecule has 2 aliphatic carbocycles. The lowest BCUT2D eigenvalue weighted by atomic mass is 9.90. The van der Waals surface area contributed by atoms with E-state index in [9.17, 15) is 34.4 Å². The van der Waals surface area contributed by atoms with Gasteiger partial charge >= 0.3 is 0 Å². The molecule has 0 fully saturated rings. The van der Waals surface area contributed by atoms with Crippen molar-refractivity contribution in [3.8, 4) is 63.8 Å². The van der Waals surface area contributed by atoms with Crippen LogP contribution in [0.15, 0.2) is 200 Å². The van der Waals surface area contributed by atoms with E-state index in [-0.39, 0.29) is 28.8 Å². The van der Waals surface area contributed by atoms with E-state index >= 15 is 0 Å². The molecule has 6 N–H and O–H groups in total. The number of anilines is 1. The van der Waals surface area contributed by atoms with Crippen molar-refractivity contribution in [2.24, 2.45) is 7.05 Å². The maximum Gasteiger partial charge on any atom is 0.297 e. The molecule has 0 saturated carbocycles. The van der Waals surface area contributed by atoms with E-state index in [1.165, 1.54) is 17.1 Å². The Labute approximate surface area is 647 Å². The third-order valence-corrected chi connectivity index (χ3v) is 17.1. The van der Waals surface area contributed by atoms with Gasteiger partial charge in [-0.05, 0) is 66.5 Å². The maximum absolute atomic E-state index is 12.2. The fourth-order valence-electron chi connectivity index (χ4n) is 12.3. The van der Waals surface area contributed by atoms with Gasteiger partial charge in [-0.3, -0.25) is 33.9 Å². The molecule has 25 heteroatoms. The summed E-state index contributed by atoms with van der Waals surface area (Å²) in [6.45, 7) is 23.8. The minimum Gasteiger partial charge on any atom is -0.507 e. The van der Waals surface area contributed by atoms with Crippen molar-refractivity contribution in [3.63, 3.8) is 0 Å². The number of imidazole rings is 4. The van der Waals surface area contributed by atoms with Gasteiger partial charge in [-0.1, -0.05) is 202 Å². The average Bonchev–Trinajstić information content (AvgIpc) is 1.33. The lowest BCUT2D eigenvalue weighted by Crippen LogP contribution is -2.28. The Kier molecular flexibility index (Phi) is 27.7. The molecule has 0 spiro atoms. The largest absolute Gasteiger partial charge is 0.507 e. The molecule has 0 atom stereocenters. The van der Waals surface area contributed by atoms with Crippen LogP contribution in [0, 0.1) is 10.1 Å². The summed E-state index contributed by atoms with van der Waals surface area (Å²) in [5.74, 6) is -0.951. The maximum atomic E-state index is 12.2.